The van der Waals surface area contributed by atoms with Gasteiger partial charge in [0.1, 0.15) is 5.75 Å². The minimum atomic E-state index is -0.0412. The summed E-state index contributed by atoms with van der Waals surface area (Å²) in [6.45, 7) is 0. The number of halogens is 1. The first-order valence-corrected chi connectivity index (χ1v) is 7.54. The van der Waals surface area contributed by atoms with E-state index in [-0.39, 0.29) is 6.04 Å². The number of hydrogen-bond donors (Lipinski definition) is 2. The van der Waals surface area contributed by atoms with Crippen molar-refractivity contribution in [1.82, 2.24) is 5.43 Å². The number of hydrogen-bond acceptors (Lipinski definition) is 3. The number of nitrogens with one attached hydrogen (secondary N) is 1. The molecule has 2 aromatic rings. The topological polar surface area (TPSA) is 47.3 Å². The number of benzene rings is 2. The van der Waals surface area contributed by atoms with Crippen LogP contribution in [0.25, 0.3) is 0 Å². The van der Waals surface area contributed by atoms with E-state index in [1.54, 1.807) is 0 Å². The Labute approximate surface area is 127 Å². The molecule has 1 unspecified atom stereocenters. The van der Waals surface area contributed by atoms with Crippen LogP contribution in [0, 0.1) is 0 Å². The van der Waals surface area contributed by atoms with Crippen molar-refractivity contribution in [2.24, 2.45) is 5.84 Å². The van der Waals surface area contributed by atoms with Gasteiger partial charge in [-0.2, -0.15) is 0 Å². The molecule has 1 aliphatic rings. The average Bonchev–Trinajstić information content (AvgIpc) is 3.27. The molecule has 104 valence electrons. The van der Waals surface area contributed by atoms with Crippen molar-refractivity contribution in [3.63, 3.8) is 0 Å². The van der Waals surface area contributed by atoms with Gasteiger partial charge in [-0.05, 0) is 42.2 Å². The van der Waals surface area contributed by atoms with Gasteiger partial charge < -0.3 is 4.74 Å². The third-order valence-electron chi connectivity index (χ3n) is 3.42. The Hall–Kier alpha value is -1.36. The minimum Gasteiger partial charge on any atom is -0.490 e. The van der Waals surface area contributed by atoms with Crippen LogP contribution in [0.1, 0.15) is 30.0 Å². The Morgan fingerprint density at radius 3 is 2.40 bits per heavy atom. The standard InChI is InChI=1S/C16H17BrN2O/c17-15-4-2-1-3-14(15)16(19-18)11-5-7-12(8-6-11)20-13-9-10-13/h1-8,13,16,19H,9-10,18H2. The molecule has 2 aromatic carbocycles. The lowest BCUT2D eigenvalue weighted by Crippen LogP contribution is -2.29. The first-order valence-electron chi connectivity index (χ1n) is 6.75. The van der Waals surface area contributed by atoms with Gasteiger partial charge in [0.2, 0.25) is 0 Å². The van der Waals surface area contributed by atoms with E-state index >= 15 is 0 Å². The molecular weight excluding hydrogens is 316 g/mol. The lowest BCUT2D eigenvalue weighted by molar-refractivity contribution is 0.303. The molecule has 3 N–H and O–H groups in total. The first kappa shape index (κ1) is 13.6. The molecule has 0 spiro atoms. The van der Waals surface area contributed by atoms with Crippen LogP contribution in [-0.2, 0) is 0 Å². The van der Waals surface area contributed by atoms with E-state index in [1.807, 2.05) is 30.3 Å². The summed E-state index contributed by atoms with van der Waals surface area (Å²) in [7, 11) is 0. The molecular formula is C16H17BrN2O. The highest BCUT2D eigenvalue weighted by Gasteiger charge is 2.23. The van der Waals surface area contributed by atoms with Gasteiger partial charge in [0, 0.05) is 4.47 Å². The highest BCUT2D eigenvalue weighted by atomic mass is 79.9. The Morgan fingerprint density at radius 1 is 1.10 bits per heavy atom. The maximum absolute atomic E-state index is 5.76. The third kappa shape index (κ3) is 3.03. The van der Waals surface area contributed by atoms with Crippen LogP contribution in [0.5, 0.6) is 5.75 Å². The summed E-state index contributed by atoms with van der Waals surface area (Å²) in [5.41, 5.74) is 5.11. The van der Waals surface area contributed by atoms with Crippen molar-refractivity contribution in [2.75, 3.05) is 0 Å². The zero-order valence-corrected chi connectivity index (χ0v) is 12.6. The molecule has 0 heterocycles. The summed E-state index contributed by atoms with van der Waals surface area (Å²) in [6, 6.07) is 16.2. The van der Waals surface area contributed by atoms with E-state index < -0.39 is 0 Å². The summed E-state index contributed by atoms with van der Waals surface area (Å²) in [5, 5.41) is 0. The zero-order chi connectivity index (χ0) is 13.9. The molecule has 20 heavy (non-hydrogen) atoms. The molecule has 0 radical (unpaired) electrons. The molecule has 3 rings (SSSR count). The molecule has 0 amide bonds. The summed E-state index contributed by atoms with van der Waals surface area (Å²) in [5.74, 6) is 6.66. The molecule has 1 fully saturated rings. The lowest BCUT2D eigenvalue weighted by Gasteiger charge is -2.18. The van der Waals surface area contributed by atoms with Gasteiger partial charge in [-0.15, -0.1) is 0 Å². The fourth-order valence-electron chi connectivity index (χ4n) is 2.19. The third-order valence-corrected chi connectivity index (χ3v) is 4.15. The van der Waals surface area contributed by atoms with Crippen molar-refractivity contribution >= 4 is 15.9 Å². The molecule has 4 heteroatoms. The summed E-state index contributed by atoms with van der Waals surface area (Å²) >= 11 is 3.57. The number of ether oxygens (including phenoxy) is 1. The number of rotatable bonds is 5. The Morgan fingerprint density at radius 2 is 1.80 bits per heavy atom. The Balaban J connectivity index is 1.83. The average molecular weight is 333 g/mol. The maximum Gasteiger partial charge on any atom is 0.119 e. The highest BCUT2D eigenvalue weighted by Crippen LogP contribution is 2.30. The van der Waals surface area contributed by atoms with Gasteiger partial charge in [0.25, 0.3) is 0 Å². The maximum atomic E-state index is 5.76. The summed E-state index contributed by atoms with van der Waals surface area (Å²) in [6.07, 6.45) is 2.77. The fourth-order valence-corrected chi connectivity index (χ4v) is 2.71. The monoisotopic (exact) mass is 332 g/mol. The predicted octanol–water partition coefficient (Wildman–Crippen LogP) is 3.54. The summed E-state index contributed by atoms with van der Waals surface area (Å²) in [4.78, 5) is 0. The van der Waals surface area contributed by atoms with E-state index in [4.69, 9.17) is 10.6 Å². The van der Waals surface area contributed by atoms with Crippen LogP contribution in [-0.4, -0.2) is 6.10 Å². The molecule has 0 saturated heterocycles. The molecule has 3 nitrogen and oxygen atoms in total. The van der Waals surface area contributed by atoms with E-state index in [2.05, 4.69) is 39.6 Å². The van der Waals surface area contributed by atoms with Crippen LogP contribution < -0.4 is 16.0 Å². The van der Waals surface area contributed by atoms with Crippen molar-refractivity contribution in [3.8, 4) is 5.75 Å². The molecule has 1 saturated carbocycles. The second-order valence-electron chi connectivity index (χ2n) is 5.01. The van der Waals surface area contributed by atoms with Gasteiger partial charge in [-0.1, -0.05) is 46.3 Å². The first-order chi connectivity index (χ1) is 9.78. The highest BCUT2D eigenvalue weighted by molar-refractivity contribution is 9.10. The van der Waals surface area contributed by atoms with Gasteiger partial charge in [0.15, 0.2) is 0 Å². The van der Waals surface area contributed by atoms with Crippen molar-refractivity contribution < 1.29 is 4.74 Å². The van der Waals surface area contributed by atoms with E-state index in [0.717, 1.165) is 21.3 Å². The normalized spacial score (nSPS) is 15.9. The SMILES string of the molecule is NNC(c1ccc(OC2CC2)cc1)c1ccccc1Br. The number of hydrazine groups is 1. The molecule has 0 bridgehead atoms. The van der Waals surface area contributed by atoms with Crippen molar-refractivity contribution in [1.29, 1.82) is 0 Å². The molecule has 0 aromatic heterocycles. The smallest absolute Gasteiger partial charge is 0.119 e. The van der Waals surface area contributed by atoms with E-state index in [9.17, 15) is 0 Å². The van der Waals surface area contributed by atoms with Crippen molar-refractivity contribution in [2.45, 2.75) is 25.0 Å². The molecule has 0 aliphatic heterocycles. The zero-order valence-electron chi connectivity index (χ0n) is 11.1. The molecule has 1 atom stereocenters. The van der Waals surface area contributed by atoms with Gasteiger partial charge in [-0.25, -0.2) is 5.43 Å². The van der Waals surface area contributed by atoms with Crippen LogP contribution in [0.4, 0.5) is 0 Å². The minimum absolute atomic E-state index is 0.0412. The second-order valence-corrected chi connectivity index (χ2v) is 5.86. The predicted molar refractivity (Wildman–Crippen MR) is 83.4 cm³/mol. The second kappa shape index (κ2) is 5.95. The number of nitrogens with two attached hydrogens (primary N) is 1. The molecule has 1 aliphatic carbocycles. The van der Waals surface area contributed by atoms with Gasteiger partial charge >= 0.3 is 0 Å². The van der Waals surface area contributed by atoms with Gasteiger partial charge in [0.05, 0.1) is 12.1 Å². The van der Waals surface area contributed by atoms with Crippen LogP contribution in [0.2, 0.25) is 0 Å². The van der Waals surface area contributed by atoms with Crippen LogP contribution >= 0.6 is 15.9 Å². The van der Waals surface area contributed by atoms with Crippen LogP contribution in [0.15, 0.2) is 53.0 Å². The summed E-state index contributed by atoms with van der Waals surface area (Å²) < 4.78 is 6.81. The van der Waals surface area contributed by atoms with E-state index in [1.165, 1.54) is 12.8 Å². The Kier molecular flexibility index (Phi) is 4.05. The van der Waals surface area contributed by atoms with Gasteiger partial charge in [-0.3, -0.25) is 5.84 Å². The largest absolute Gasteiger partial charge is 0.490 e. The fraction of sp³-hybridized carbons (Fsp3) is 0.250. The van der Waals surface area contributed by atoms with Crippen LogP contribution in [0.3, 0.4) is 0 Å². The Bertz CT molecular complexity index is 581. The lowest BCUT2D eigenvalue weighted by atomic mass is 9.99. The van der Waals surface area contributed by atoms with E-state index in [0.29, 0.717) is 6.10 Å². The quantitative estimate of drug-likeness (QED) is 0.650. The van der Waals surface area contributed by atoms with Crippen molar-refractivity contribution in [3.05, 3.63) is 64.1 Å².